The molecule has 0 aliphatic carbocycles. The van der Waals surface area contributed by atoms with E-state index in [4.69, 9.17) is 4.74 Å². The molecule has 0 bridgehead atoms. The molecule has 112 valence electrons. The topological polar surface area (TPSA) is 13.7 Å². The maximum Gasteiger partial charge on any atom is 0.122 e. The number of rotatable bonds is 7. The number of para-hydroxylation sites is 1. The molecule has 1 saturated heterocycles. The summed E-state index contributed by atoms with van der Waals surface area (Å²) in [6, 6.07) is 8.41. The first kappa shape index (κ1) is 15.4. The first-order valence-corrected chi connectivity index (χ1v) is 8.34. The second-order valence-electron chi connectivity index (χ2n) is 6.22. The van der Waals surface area contributed by atoms with Crippen molar-refractivity contribution >= 4 is 0 Å². The Bertz CT molecular complexity index is 391. The van der Waals surface area contributed by atoms with Crippen molar-refractivity contribution in [2.75, 3.05) is 26.2 Å². The van der Waals surface area contributed by atoms with Gasteiger partial charge in [-0.1, -0.05) is 32.0 Å². The lowest BCUT2D eigenvalue weighted by Gasteiger charge is -2.27. The first-order valence-electron chi connectivity index (χ1n) is 8.34. The van der Waals surface area contributed by atoms with E-state index in [1.54, 1.807) is 4.90 Å². The minimum Gasteiger partial charge on any atom is -0.493 e. The van der Waals surface area contributed by atoms with Crippen LogP contribution in [0.2, 0.25) is 0 Å². The van der Waals surface area contributed by atoms with Crippen LogP contribution in [0.3, 0.4) is 0 Å². The largest absolute Gasteiger partial charge is 0.493 e. The van der Waals surface area contributed by atoms with E-state index < -0.39 is 0 Å². The Morgan fingerprint density at radius 3 is 2.90 bits per heavy atom. The van der Waals surface area contributed by atoms with E-state index in [1.165, 1.54) is 50.9 Å². The van der Waals surface area contributed by atoms with E-state index in [2.05, 4.69) is 38.1 Å². The highest BCUT2D eigenvalue weighted by atomic mass is 16.5. The molecule has 1 fully saturated rings. The predicted molar refractivity (Wildman–Crippen MR) is 84.5 cm³/mol. The van der Waals surface area contributed by atoms with Gasteiger partial charge in [0.05, 0.1) is 26.2 Å². The summed E-state index contributed by atoms with van der Waals surface area (Å²) in [5.74, 6) is 2.00. The van der Waals surface area contributed by atoms with Crippen LogP contribution < -0.4 is 9.64 Å². The third kappa shape index (κ3) is 4.82. The lowest BCUT2D eigenvalue weighted by Crippen LogP contribution is -3.13. The molecule has 1 aliphatic rings. The van der Waals surface area contributed by atoms with Gasteiger partial charge in [-0.3, -0.25) is 0 Å². The van der Waals surface area contributed by atoms with Crippen LogP contribution in [0, 0.1) is 5.92 Å². The molecule has 0 amide bonds. The van der Waals surface area contributed by atoms with Gasteiger partial charge in [0, 0.05) is 5.92 Å². The third-order valence-electron chi connectivity index (χ3n) is 4.40. The molecule has 0 spiro atoms. The molecule has 1 aromatic carbocycles. The Hall–Kier alpha value is -1.02. The van der Waals surface area contributed by atoms with E-state index in [0.717, 1.165) is 24.7 Å². The van der Waals surface area contributed by atoms with Crippen LogP contribution in [0.25, 0.3) is 0 Å². The van der Waals surface area contributed by atoms with Crippen molar-refractivity contribution in [3.63, 3.8) is 0 Å². The molecule has 1 unspecified atom stereocenters. The first-order chi connectivity index (χ1) is 9.79. The second-order valence-corrected chi connectivity index (χ2v) is 6.22. The highest BCUT2D eigenvalue weighted by Crippen LogP contribution is 2.18. The molecule has 1 aromatic rings. The van der Waals surface area contributed by atoms with Gasteiger partial charge in [0.2, 0.25) is 0 Å². The van der Waals surface area contributed by atoms with Crippen molar-refractivity contribution in [3.05, 3.63) is 29.8 Å². The third-order valence-corrected chi connectivity index (χ3v) is 4.40. The summed E-state index contributed by atoms with van der Waals surface area (Å²) < 4.78 is 5.93. The van der Waals surface area contributed by atoms with Crippen LogP contribution in [0.5, 0.6) is 5.75 Å². The summed E-state index contributed by atoms with van der Waals surface area (Å²) in [7, 11) is 0. The molecule has 0 saturated carbocycles. The summed E-state index contributed by atoms with van der Waals surface area (Å²) in [6.07, 6.45) is 6.36. The van der Waals surface area contributed by atoms with Crippen molar-refractivity contribution in [1.29, 1.82) is 0 Å². The monoisotopic (exact) mass is 276 g/mol. The lowest BCUT2D eigenvalue weighted by molar-refractivity contribution is -0.908. The van der Waals surface area contributed by atoms with Crippen molar-refractivity contribution in [2.45, 2.75) is 46.0 Å². The quantitative estimate of drug-likeness (QED) is 0.756. The van der Waals surface area contributed by atoms with Crippen LogP contribution >= 0.6 is 0 Å². The van der Waals surface area contributed by atoms with E-state index in [9.17, 15) is 0 Å². The van der Waals surface area contributed by atoms with Crippen molar-refractivity contribution in [3.8, 4) is 5.75 Å². The van der Waals surface area contributed by atoms with Gasteiger partial charge in [0.15, 0.2) is 0 Å². The number of likely N-dealkylation sites (tertiary alicyclic amines) is 1. The number of hydrogen-bond acceptors (Lipinski definition) is 1. The molecule has 1 heterocycles. The standard InChI is InChI=1S/C18H29NO/c1-3-17-10-4-5-11-18(17)20-14-7-6-12-19-13-8-9-16(2)15-19/h4-5,10-11,16H,3,6-9,12-15H2,1-2H3/p+1/t16-/m1/s1. The Morgan fingerprint density at radius 2 is 2.10 bits per heavy atom. The minimum absolute atomic E-state index is 0.861. The molecule has 2 rings (SSSR count). The van der Waals surface area contributed by atoms with Gasteiger partial charge in [-0.05, 0) is 43.7 Å². The summed E-state index contributed by atoms with van der Waals surface area (Å²) in [5, 5.41) is 0. The van der Waals surface area contributed by atoms with Gasteiger partial charge in [0.1, 0.15) is 5.75 Å². The second kappa shape index (κ2) is 8.31. The molecule has 2 nitrogen and oxygen atoms in total. The van der Waals surface area contributed by atoms with Gasteiger partial charge < -0.3 is 9.64 Å². The fourth-order valence-corrected chi connectivity index (χ4v) is 3.22. The minimum atomic E-state index is 0.861. The zero-order valence-corrected chi connectivity index (χ0v) is 13.2. The van der Waals surface area contributed by atoms with Gasteiger partial charge in [-0.2, -0.15) is 0 Å². The molecule has 1 N–H and O–H groups in total. The van der Waals surface area contributed by atoms with E-state index in [0.29, 0.717) is 0 Å². The molecule has 1 aliphatic heterocycles. The van der Waals surface area contributed by atoms with Crippen molar-refractivity contribution < 1.29 is 9.64 Å². The zero-order chi connectivity index (χ0) is 14.2. The Morgan fingerprint density at radius 1 is 1.25 bits per heavy atom. The normalized spacial score (nSPS) is 22.7. The molecular formula is C18H30NO+. The van der Waals surface area contributed by atoms with Crippen molar-refractivity contribution in [1.82, 2.24) is 0 Å². The number of unbranched alkanes of at least 4 members (excludes halogenated alkanes) is 1. The maximum atomic E-state index is 5.93. The number of ether oxygens (including phenoxy) is 1. The summed E-state index contributed by atoms with van der Waals surface area (Å²) in [4.78, 5) is 1.80. The molecule has 0 radical (unpaired) electrons. The van der Waals surface area contributed by atoms with E-state index in [-0.39, 0.29) is 0 Å². The van der Waals surface area contributed by atoms with Crippen molar-refractivity contribution in [2.24, 2.45) is 5.92 Å². The van der Waals surface area contributed by atoms with Gasteiger partial charge in [0.25, 0.3) is 0 Å². The molecule has 2 heteroatoms. The van der Waals surface area contributed by atoms with Gasteiger partial charge in [-0.15, -0.1) is 0 Å². The number of hydrogen-bond donors (Lipinski definition) is 1. The zero-order valence-electron chi connectivity index (χ0n) is 13.2. The van der Waals surface area contributed by atoms with Crippen LogP contribution in [0.15, 0.2) is 24.3 Å². The average Bonchev–Trinajstić information content (AvgIpc) is 2.47. The van der Waals surface area contributed by atoms with E-state index in [1.807, 2.05) is 0 Å². The number of aryl methyl sites for hydroxylation is 1. The fourth-order valence-electron chi connectivity index (χ4n) is 3.22. The fraction of sp³-hybridized carbons (Fsp3) is 0.667. The Labute approximate surface area is 124 Å². The highest BCUT2D eigenvalue weighted by Gasteiger charge is 2.18. The summed E-state index contributed by atoms with van der Waals surface area (Å²) in [5.41, 5.74) is 1.32. The lowest BCUT2D eigenvalue weighted by atomic mass is 10.0. The SMILES string of the molecule is CCc1ccccc1OCCCC[NH+]1CCC[C@@H](C)C1. The van der Waals surface area contributed by atoms with Crippen LogP contribution in [-0.2, 0) is 6.42 Å². The summed E-state index contributed by atoms with van der Waals surface area (Å²) in [6.45, 7) is 9.51. The predicted octanol–water partition coefficient (Wildman–Crippen LogP) is 2.72. The number of nitrogens with one attached hydrogen (secondary N) is 1. The van der Waals surface area contributed by atoms with Gasteiger partial charge in [-0.25, -0.2) is 0 Å². The molecule has 2 atom stereocenters. The summed E-state index contributed by atoms with van der Waals surface area (Å²) >= 11 is 0. The smallest absolute Gasteiger partial charge is 0.122 e. The number of piperidine rings is 1. The van der Waals surface area contributed by atoms with Crippen LogP contribution in [0.4, 0.5) is 0 Å². The maximum absolute atomic E-state index is 5.93. The number of benzene rings is 1. The molecule has 0 aromatic heterocycles. The molecule has 20 heavy (non-hydrogen) atoms. The average molecular weight is 276 g/mol. The van der Waals surface area contributed by atoms with E-state index >= 15 is 0 Å². The Kier molecular flexibility index (Phi) is 6.38. The number of quaternary nitrogens is 1. The molecular weight excluding hydrogens is 246 g/mol. The Balaban J connectivity index is 1.61. The van der Waals surface area contributed by atoms with Crippen LogP contribution in [-0.4, -0.2) is 26.2 Å². The highest BCUT2D eigenvalue weighted by molar-refractivity contribution is 5.33. The van der Waals surface area contributed by atoms with Crippen LogP contribution in [0.1, 0.15) is 45.1 Å². The van der Waals surface area contributed by atoms with Gasteiger partial charge >= 0.3 is 0 Å².